The first kappa shape index (κ1) is 9.01. The van der Waals surface area contributed by atoms with Crippen molar-refractivity contribution in [3.05, 3.63) is 47.5 Å². The third kappa shape index (κ3) is 1.26. The Morgan fingerprint density at radius 2 is 1.23 bits per heavy atom. The average Bonchev–Trinajstić information content (AvgIpc) is 2.52. The van der Waals surface area contributed by atoms with Gasteiger partial charge in [-0.25, -0.2) is 0 Å². The topological polar surface area (TPSA) is 0 Å². The second kappa shape index (κ2) is 3.30. The van der Waals surface area contributed by atoms with Gasteiger partial charge in [0.1, 0.15) is 0 Å². The summed E-state index contributed by atoms with van der Waals surface area (Å²) in [4.78, 5) is 0. The van der Waals surface area contributed by atoms with E-state index >= 15 is 0 Å². The van der Waals surface area contributed by atoms with Crippen LogP contribution in [0.2, 0.25) is 0 Å². The first-order valence-electron chi connectivity index (χ1n) is 4.15. The predicted octanol–water partition coefficient (Wildman–Crippen LogP) is 2.68. The Kier molecular flexibility index (Phi) is 2.29. The molecule has 0 atom stereocenters. The number of hydrogen-bond acceptors (Lipinski definition) is 0. The summed E-state index contributed by atoms with van der Waals surface area (Å²) in [5, 5.41) is 2.75. The quantitative estimate of drug-likeness (QED) is 0.462. The molecule has 0 nitrogen and oxygen atoms in total. The van der Waals surface area contributed by atoms with Crippen molar-refractivity contribution < 1.29 is 0 Å². The van der Waals surface area contributed by atoms with Crippen LogP contribution in [0.4, 0.5) is 0 Å². The molecule has 0 aromatic heterocycles. The summed E-state index contributed by atoms with van der Waals surface area (Å²) in [5.74, 6) is 0. The van der Waals surface area contributed by atoms with E-state index in [-0.39, 0.29) is 29.6 Å². The van der Waals surface area contributed by atoms with E-state index in [9.17, 15) is 0 Å². The summed E-state index contributed by atoms with van der Waals surface area (Å²) >= 11 is 0. The predicted molar refractivity (Wildman–Crippen MR) is 60.0 cm³/mol. The second-order valence-corrected chi connectivity index (χ2v) is 3.13. The fourth-order valence-corrected chi connectivity index (χ4v) is 1.86. The Hall–Kier alpha value is -0.560. The zero-order valence-electron chi connectivity index (χ0n) is 6.62. The molecule has 13 heavy (non-hydrogen) atoms. The molecule has 1 aliphatic carbocycles. The van der Waals surface area contributed by atoms with E-state index in [0.717, 1.165) is 0 Å². The van der Waals surface area contributed by atoms with Crippen LogP contribution in [0.3, 0.4) is 0 Å². The van der Waals surface area contributed by atoms with Crippen LogP contribution in [0.25, 0.3) is 22.9 Å². The molecule has 0 fully saturated rings. The number of rotatable bonds is 0. The molecule has 2 aromatic carbocycles. The van der Waals surface area contributed by atoms with Gasteiger partial charge in [0.05, 0.1) is 0 Å². The van der Waals surface area contributed by atoms with Gasteiger partial charge in [0.25, 0.3) is 0 Å². The van der Waals surface area contributed by atoms with Crippen LogP contribution >= 0.6 is 0 Å². The molecule has 0 saturated carbocycles. The van der Waals surface area contributed by atoms with Crippen LogP contribution in [0.5, 0.6) is 0 Å². The van der Waals surface area contributed by atoms with Crippen molar-refractivity contribution in [2.75, 3.05) is 0 Å². The third-order valence-corrected chi connectivity index (χ3v) is 2.41. The summed E-state index contributed by atoms with van der Waals surface area (Å²) < 4.78 is 0. The van der Waals surface area contributed by atoms with Crippen molar-refractivity contribution >= 4 is 52.5 Å². The zero-order valence-corrected chi connectivity index (χ0v) is 6.62. The molecule has 0 saturated heterocycles. The Balaban J connectivity index is 0.000000653. The van der Waals surface area contributed by atoms with Crippen LogP contribution in [0, 0.1) is 0 Å². The van der Waals surface area contributed by atoms with E-state index in [4.69, 9.17) is 0 Å². The average molecular weight is 176 g/mol. The van der Waals surface area contributed by atoms with Crippen molar-refractivity contribution in [2.45, 2.75) is 0 Å². The molecule has 0 bridgehead atoms. The molecule has 0 spiro atoms. The zero-order chi connectivity index (χ0) is 7.97. The Morgan fingerprint density at radius 3 is 1.77 bits per heavy atom. The monoisotopic (exact) mass is 176 g/mol. The molecule has 58 valence electrons. The van der Waals surface area contributed by atoms with Gasteiger partial charge in [-0.05, 0) is 21.9 Å². The van der Waals surface area contributed by atoms with Crippen molar-refractivity contribution in [1.29, 1.82) is 0 Å². The minimum absolute atomic E-state index is 0. The van der Waals surface area contributed by atoms with Gasteiger partial charge in [-0.15, -0.1) is 0 Å². The van der Waals surface area contributed by atoms with Gasteiger partial charge >= 0.3 is 29.6 Å². The molecule has 0 amide bonds. The van der Waals surface area contributed by atoms with Gasteiger partial charge in [0, 0.05) is 0 Å². The molecule has 0 unspecified atom stereocenters. The molecule has 0 aliphatic heterocycles. The maximum absolute atomic E-state index is 2.18. The summed E-state index contributed by atoms with van der Waals surface area (Å²) in [7, 11) is 0. The van der Waals surface area contributed by atoms with Gasteiger partial charge in [-0.1, -0.05) is 48.6 Å². The fraction of sp³-hybridized carbons (Fsp3) is 0. The molecular weight excluding hydrogens is 167 g/mol. The summed E-state index contributed by atoms with van der Waals surface area (Å²) in [6.45, 7) is 0. The maximum atomic E-state index is 2.18. The Morgan fingerprint density at radius 1 is 0.692 bits per heavy atom. The molecule has 0 radical (unpaired) electrons. The van der Waals surface area contributed by atoms with E-state index in [2.05, 4.69) is 48.6 Å². The summed E-state index contributed by atoms with van der Waals surface area (Å²) in [5.41, 5.74) is 2.70. The van der Waals surface area contributed by atoms with Gasteiger partial charge < -0.3 is 0 Å². The molecule has 1 aliphatic rings. The van der Waals surface area contributed by atoms with Crippen LogP contribution in [-0.2, 0) is 0 Å². The van der Waals surface area contributed by atoms with Crippen LogP contribution in [0.15, 0.2) is 36.4 Å². The summed E-state index contributed by atoms with van der Waals surface area (Å²) in [6, 6.07) is 12.9. The second-order valence-electron chi connectivity index (χ2n) is 3.13. The normalized spacial score (nSPS) is 11.7. The van der Waals surface area contributed by atoms with Crippen LogP contribution in [0.1, 0.15) is 11.1 Å². The van der Waals surface area contributed by atoms with Gasteiger partial charge in [0.2, 0.25) is 0 Å². The van der Waals surface area contributed by atoms with E-state index in [0.29, 0.717) is 0 Å². The first-order valence-corrected chi connectivity index (χ1v) is 4.15. The minimum atomic E-state index is 0. The number of hydrogen-bond donors (Lipinski definition) is 0. The molecular formula is C12H9Na. The Labute approximate surface area is 99.6 Å². The molecule has 1 heteroatoms. The molecule has 3 rings (SSSR count). The fourth-order valence-electron chi connectivity index (χ4n) is 1.86. The van der Waals surface area contributed by atoms with E-state index in [1.165, 1.54) is 21.9 Å². The Bertz CT molecular complexity index is 443. The SMILES string of the molecule is C1=Cc2cccc3cccc1c23.[NaH]. The third-order valence-electron chi connectivity index (χ3n) is 2.41. The summed E-state index contributed by atoms with van der Waals surface area (Å²) in [6.07, 6.45) is 4.36. The van der Waals surface area contributed by atoms with Crippen molar-refractivity contribution in [3.8, 4) is 0 Å². The van der Waals surface area contributed by atoms with E-state index < -0.39 is 0 Å². The molecule has 2 aromatic rings. The van der Waals surface area contributed by atoms with Gasteiger partial charge in [-0.2, -0.15) is 0 Å². The van der Waals surface area contributed by atoms with Crippen molar-refractivity contribution in [1.82, 2.24) is 0 Å². The first-order chi connectivity index (χ1) is 5.95. The molecule has 0 heterocycles. The van der Waals surface area contributed by atoms with Crippen LogP contribution in [-0.4, -0.2) is 29.6 Å². The van der Waals surface area contributed by atoms with E-state index in [1.54, 1.807) is 0 Å². The van der Waals surface area contributed by atoms with Crippen molar-refractivity contribution in [2.24, 2.45) is 0 Å². The van der Waals surface area contributed by atoms with Gasteiger partial charge in [0.15, 0.2) is 0 Å². The van der Waals surface area contributed by atoms with Crippen molar-refractivity contribution in [3.63, 3.8) is 0 Å². The standard InChI is InChI=1S/C12H8.Na.H/c1-3-9-4-2-6-11-8-7-10(5-1)12(9)11;;/h1-8H;;. The van der Waals surface area contributed by atoms with Gasteiger partial charge in [-0.3, -0.25) is 0 Å². The van der Waals surface area contributed by atoms with Crippen LogP contribution < -0.4 is 0 Å². The molecule has 0 N–H and O–H groups in total. The van der Waals surface area contributed by atoms with E-state index in [1.807, 2.05) is 0 Å². The number of benzene rings is 2.